The lowest BCUT2D eigenvalue weighted by atomic mass is 9.94. The van der Waals surface area contributed by atoms with E-state index in [1.54, 1.807) is 0 Å². The maximum Gasteiger partial charge on any atom is 0.0827 e. The number of rotatable bonds is 4. The number of nitrogens with zero attached hydrogens (tertiary/aromatic N) is 1. The molecule has 1 saturated heterocycles. The number of hydrogen-bond acceptors (Lipinski definition) is 2. The molecular weight excluding hydrogens is 222 g/mol. The van der Waals surface area contributed by atoms with E-state index in [0.717, 1.165) is 18.0 Å². The van der Waals surface area contributed by atoms with Crippen molar-refractivity contribution < 1.29 is 5.11 Å². The van der Waals surface area contributed by atoms with E-state index >= 15 is 0 Å². The highest BCUT2D eigenvalue weighted by Gasteiger charge is 2.22. The second kappa shape index (κ2) is 6.35. The van der Waals surface area contributed by atoms with Gasteiger partial charge in [0.25, 0.3) is 0 Å². The van der Waals surface area contributed by atoms with Gasteiger partial charge in [0.05, 0.1) is 6.10 Å². The van der Waals surface area contributed by atoms with E-state index in [-0.39, 0.29) is 12.0 Å². The molecule has 0 radical (unpaired) electrons. The zero-order valence-electron chi connectivity index (χ0n) is 11.5. The molecule has 100 valence electrons. The first kappa shape index (κ1) is 13.6. The molecule has 2 rings (SSSR count). The molecule has 0 aromatic heterocycles. The largest absolute Gasteiger partial charge is 0.388 e. The Bertz CT molecular complexity index is 351. The average Bonchev–Trinajstić information content (AvgIpc) is 2.39. The van der Waals surface area contributed by atoms with Gasteiger partial charge in [-0.05, 0) is 36.8 Å². The van der Waals surface area contributed by atoms with E-state index in [2.05, 4.69) is 18.7 Å². The van der Waals surface area contributed by atoms with Crippen LogP contribution in [0.25, 0.3) is 0 Å². The van der Waals surface area contributed by atoms with Crippen molar-refractivity contribution in [3.8, 4) is 0 Å². The van der Waals surface area contributed by atoms with Gasteiger partial charge in [-0.3, -0.25) is 0 Å². The van der Waals surface area contributed by atoms with Crippen LogP contribution in [0.4, 0.5) is 0 Å². The molecule has 18 heavy (non-hydrogen) atoms. The molecule has 1 aromatic rings. The van der Waals surface area contributed by atoms with Crippen molar-refractivity contribution in [2.75, 3.05) is 19.6 Å². The van der Waals surface area contributed by atoms with E-state index in [4.69, 9.17) is 0 Å². The first-order chi connectivity index (χ1) is 8.66. The van der Waals surface area contributed by atoms with Gasteiger partial charge < -0.3 is 10.0 Å². The van der Waals surface area contributed by atoms with Crippen LogP contribution < -0.4 is 0 Å². The Balaban J connectivity index is 1.89. The Morgan fingerprint density at radius 2 is 2.06 bits per heavy atom. The fraction of sp³-hybridized carbons (Fsp3) is 0.625. The van der Waals surface area contributed by atoms with Crippen molar-refractivity contribution in [1.82, 2.24) is 4.90 Å². The first-order valence-corrected chi connectivity index (χ1v) is 7.12. The number of hydrogen-bond donors (Lipinski definition) is 1. The molecule has 1 aliphatic heterocycles. The van der Waals surface area contributed by atoms with Gasteiger partial charge in [-0.25, -0.2) is 0 Å². The minimum absolute atomic E-state index is 0.290. The van der Waals surface area contributed by atoms with Gasteiger partial charge in [-0.2, -0.15) is 0 Å². The molecule has 0 bridgehead atoms. The molecule has 0 spiro atoms. The number of benzene rings is 1. The van der Waals surface area contributed by atoms with Crippen molar-refractivity contribution in [3.05, 3.63) is 35.9 Å². The lowest BCUT2D eigenvalue weighted by Crippen LogP contribution is -2.38. The molecule has 0 saturated carbocycles. The summed E-state index contributed by atoms with van der Waals surface area (Å²) in [4.78, 5) is 2.50. The molecule has 1 aromatic carbocycles. The highest BCUT2D eigenvalue weighted by Crippen LogP contribution is 2.24. The SMILES string of the molecule is CC1CCCN(CC(C)C(O)c2ccccc2)C1. The fourth-order valence-electron chi connectivity index (χ4n) is 2.94. The second-order valence-corrected chi connectivity index (χ2v) is 5.84. The zero-order valence-corrected chi connectivity index (χ0v) is 11.5. The number of aliphatic hydroxyl groups is 1. The monoisotopic (exact) mass is 247 g/mol. The first-order valence-electron chi connectivity index (χ1n) is 7.12. The molecule has 0 aliphatic carbocycles. The third kappa shape index (κ3) is 3.56. The van der Waals surface area contributed by atoms with Crippen LogP contribution in [0.5, 0.6) is 0 Å². The molecule has 2 nitrogen and oxygen atoms in total. The molecule has 1 N–H and O–H groups in total. The molecule has 0 amide bonds. The van der Waals surface area contributed by atoms with Crippen LogP contribution in [0.3, 0.4) is 0 Å². The fourth-order valence-corrected chi connectivity index (χ4v) is 2.94. The highest BCUT2D eigenvalue weighted by molar-refractivity contribution is 5.17. The lowest BCUT2D eigenvalue weighted by Gasteiger charge is -2.34. The second-order valence-electron chi connectivity index (χ2n) is 5.84. The van der Waals surface area contributed by atoms with Gasteiger partial charge >= 0.3 is 0 Å². The van der Waals surface area contributed by atoms with Crippen LogP contribution in [0, 0.1) is 11.8 Å². The normalized spacial score (nSPS) is 24.7. The van der Waals surface area contributed by atoms with Crippen molar-refractivity contribution in [2.24, 2.45) is 11.8 Å². The van der Waals surface area contributed by atoms with Gasteiger partial charge in [-0.1, -0.05) is 44.2 Å². The highest BCUT2D eigenvalue weighted by atomic mass is 16.3. The van der Waals surface area contributed by atoms with Gasteiger partial charge in [0.2, 0.25) is 0 Å². The zero-order chi connectivity index (χ0) is 13.0. The average molecular weight is 247 g/mol. The van der Waals surface area contributed by atoms with Gasteiger partial charge in [-0.15, -0.1) is 0 Å². The molecule has 1 fully saturated rings. The quantitative estimate of drug-likeness (QED) is 0.884. The van der Waals surface area contributed by atoms with Crippen molar-refractivity contribution in [3.63, 3.8) is 0 Å². The summed E-state index contributed by atoms with van der Waals surface area (Å²) in [5.41, 5.74) is 1.04. The standard InChI is InChI=1S/C16H25NO/c1-13-7-6-10-17(11-13)12-14(2)16(18)15-8-4-3-5-9-15/h3-5,8-9,13-14,16,18H,6-7,10-12H2,1-2H3. The molecule has 2 heteroatoms. The van der Waals surface area contributed by atoms with Crippen molar-refractivity contribution in [2.45, 2.75) is 32.8 Å². The Hall–Kier alpha value is -0.860. The van der Waals surface area contributed by atoms with Crippen LogP contribution in [0.15, 0.2) is 30.3 Å². The molecule has 3 unspecified atom stereocenters. The summed E-state index contributed by atoms with van der Waals surface area (Å²) in [7, 11) is 0. The number of likely N-dealkylation sites (tertiary alicyclic amines) is 1. The predicted octanol–water partition coefficient (Wildman–Crippen LogP) is 3.09. The smallest absolute Gasteiger partial charge is 0.0827 e. The van der Waals surface area contributed by atoms with Gasteiger partial charge in [0.15, 0.2) is 0 Å². The van der Waals surface area contributed by atoms with E-state index < -0.39 is 0 Å². The van der Waals surface area contributed by atoms with Gasteiger partial charge in [0, 0.05) is 13.1 Å². The van der Waals surface area contributed by atoms with Crippen LogP contribution >= 0.6 is 0 Å². The summed E-state index contributed by atoms with van der Waals surface area (Å²) in [6.45, 7) is 7.85. The minimum atomic E-state index is -0.344. The molecule has 3 atom stereocenters. The number of piperidine rings is 1. The predicted molar refractivity (Wildman–Crippen MR) is 75.4 cm³/mol. The summed E-state index contributed by atoms with van der Waals surface area (Å²) in [6, 6.07) is 10.0. The third-order valence-corrected chi connectivity index (χ3v) is 3.97. The van der Waals surface area contributed by atoms with Crippen LogP contribution in [-0.4, -0.2) is 29.6 Å². The molecule has 1 heterocycles. The van der Waals surface area contributed by atoms with Crippen molar-refractivity contribution >= 4 is 0 Å². The van der Waals surface area contributed by atoms with Crippen LogP contribution in [0.1, 0.15) is 38.4 Å². The maximum absolute atomic E-state index is 10.4. The van der Waals surface area contributed by atoms with E-state index in [1.807, 2.05) is 30.3 Å². The Labute approximate surface area is 111 Å². The Morgan fingerprint density at radius 3 is 2.72 bits per heavy atom. The van der Waals surface area contributed by atoms with Gasteiger partial charge in [0.1, 0.15) is 0 Å². The Morgan fingerprint density at radius 1 is 1.33 bits per heavy atom. The molecular formula is C16H25NO. The van der Waals surface area contributed by atoms with Crippen LogP contribution in [-0.2, 0) is 0 Å². The third-order valence-electron chi connectivity index (χ3n) is 3.97. The molecule has 1 aliphatic rings. The maximum atomic E-state index is 10.4. The lowest BCUT2D eigenvalue weighted by molar-refractivity contribution is 0.0739. The van der Waals surface area contributed by atoms with E-state index in [0.29, 0.717) is 0 Å². The summed E-state index contributed by atoms with van der Waals surface area (Å²) in [5, 5.41) is 10.4. The Kier molecular flexibility index (Phi) is 4.79. The van der Waals surface area contributed by atoms with E-state index in [1.165, 1.54) is 25.9 Å². The van der Waals surface area contributed by atoms with Crippen LogP contribution in [0.2, 0.25) is 0 Å². The minimum Gasteiger partial charge on any atom is -0.388 e. The summed E-state index contributed by atoms with van der Waals surface area (Å²) >= 11 is 0. The van der Waals surface area contributed by atoms with E-state index in [9.17, 15) is 5.11 Å². The summed E-state index contributed by atoms with van der Waals surface area (Å²) in [6.07, 6.45) is 2.31. The topological polar surface area (TPSA) is 23.5 Å². The summed E-state index contributed by atoms with van der Waals surface area (Å²) < 4.78 is 0. The summed E-state index contributed by atoms with van der Waals surface area (Å²) in [5.74, 6) is 1.09. The van der Waals surface area contributed by atoms with Crippen molar-refractivity contribution in [1.29, 1.82) is 0 Å². The number of aliphatic hydroxyl groups excluding tert-OH is 1.